The average Bonchev–Trinajstić information content (AvgIpc) is 2.98. The molecule has 5 nitrogen and oxygen atoms in total. The van der Waals surface area contributed by atoms with Gasteiger partial charge in [0.2, 0.25) is 11.8 Å². The number of imide groups is 1. The molecule has 0 aliphatic carbocycles. The maximum atomic E-state index is 12.2. The molecule has 2 amide bonds. The van der Waals surface area contributed by atoms with Crippen LogP contribution in [0, 0.1) is 0 Å². The maximum absolute atomic E-state index is 12.2. The van der Waals surface area contributed by atoms with Crippen LogP contribution < -0.4 is 0 Å². The number of carbonyl (C=O) groups is 2. The van der Waals surface area contributed by atoms with E-state index in [0.29, 0.717) is 5.69 Å². The third kappa shape index (κ3) is 5.09. The van der Waals surface area contributed by atoms with Gasteiger partial charge in [-0.1, -0.05) is 64.1 Å². The number of amides is 2. The van der Waals surface area contributed by atoms with Crippen molar-refractivity contribution in [1.29, 1.82) is 0 Å². The molecule has 1 atom stereocenters. The summed E-state index contributed by atoms with van der Waals surface area (Å²) in [7, 11) is 1.51. The molecule has 26 heavy (non-hydrogen) atoms. The van der Waals surface area contributed by atoms with E-state index in [1.165, 1.54) is 11.9 Å². The van der Waals surface area contributed by atoms with Crippen LogP contribution in [-0.2, 0) is 9.59 Å². The molecule has 2 aromatic rings. The topological polar surface area (TPSA) is 62.1 Å². The molecular formula is C21H27N3O2. The van der Waals surface area contributed by atoms with Crippen LogP contribution in [0.25, 0.3) is 0 Å². The zero-order valence-corrected chi connectivity index (χ0v) is 16.1. The van der Waals surface area contributed by atoms with Gasteiger partial charge >= 0.3 is 0 Å². The molecule has 0 aromatic heterocycles. The Labute approximate surface area is 155 Å². The van der Waals surface area contributed by atoms with E-state index in [1.54, 1.807) is 6.07 Å². The van der Waals surface area contributed by atoms with Gasteiger partial charge in [0.1, 0.15) is 0 Å². The third-order valence-corrected chi connectivity index (χ3v) is 3.72. The number of hydrogen-bond donors (Lipinski definition) is 0. The van der Waals surface area contributed by atoms with Crippen LogP contribution in [-0.4, -0.2) is 23.8 Å². The lowest BCUT2D eigenvalue weighted by Gasteiger charge is -2.10. The summed E-state index contributed by atoms with van der Waals surface area (Å²) < 4.78 is 0. The van der Waals surface area contributed by atoms with E-state index >= 15 is 0 Å². The minimum atomic E-state index is -0.469. The fraction of sp³-hybridized carbons (Fsp3) is 0.333. The van der Waals surface area contributed by atoms with Crippen LogP contribution in [0.5, 0.6) is 0 Å². The zero-order chi connectivity index (χ0) is 19.5. The molecule has 0 bridgehead atoms. The quantitative estimate of drug-likeness (QED) is 0.530. The molecule has 1 saturated heterocycles. The summed E-state index contributed by atoms with van der Waals surface area (Å²) in [6, 6.07) is 16.7. The fourth-order valence-electron chi connectivity index (χ4n) is 2.48. The Hall–Kier alpha value is -2.82. The van der Waals surface area contributed by atoms with Gasteiger partial charge in [0.15, 0.2) is 0 Å². The number of hydrogen-bond acceptors (Lipinski definition) is 4. The first kappa shape index (κ1) is 21.2. The van der Waals surface area contributed by atoms with E-state index in [9.17, 15) is 9.59 Å². The van der Waals surface area contributed by atoms with Crippen molar-refractivity contribution < 1.29 is 9.59 Å². The molecule has 1 fully saturated rings. The highest BCUT2D eigenvalue weighted by molar-refractivity contribution is 6.06. The molecule has 1 aliphatic rings. The van der Waals surface area contributed by atoms with Crippen LogP contribution in [0.15, 0.2) is 64.8 Å². The van der Waals surface area contributed by atoms with Crippen LogP contribution in [0.4, 0.5) is 11.4 Å². The Bertz CT molecular complexity index is 742. The predicted octanol–water partition coefficient (Wildman–Crippen LogP) is 5.63. The summed E-state index contributed by atoms with van der Waals surface area (Å²) in [6.45, 7) is 8.00. The van der Waals surface area contributed by atoms with E-state index in [1.807, 2.05) is 76.2 Å². The standard InChI is InChI=1S/C17H15N3O2.2C2H6/c1-20-16(21)11-14(17(20)22)13-9-5-6-10-15(13)19-18-12-7-3-2-4-8-12;2*1-2/h2-10,14H,11H2,1H3;2*1-2H3. The molecule has 3 rings (SSSR count). The molecule has 0 radical (unpaired) electrons. The van der Waals surface area contributed by atoms with Crippen molar-refractivity contribution in [1.82, 2.24) is 4.90 Å². The van der Waals surface area contributed by atoms with Crippen molar-refractivity contribution in [3.05, 3.63) is 60.2 Å². The van der Waals surface area contributed by atoms with Gasteiger partial charge < -0.3 is 0 Å². The van der Waals surface area contributed by atoms with Crippen LogP contribution >= 0.6 is 0 Å². The summed E-state index contributed by atoms with van der Waals surface area (Å²) in [4.78, 5) is 25.1. The summed E-state index contributed by atoms with van der Waals surface area (Å²) in [5.74, 6) is -0.819. The number of rotatable bonds is 3. The van der Waals surface area contributed by atoms with Crippen LogP contribution in [0.2, 0.25) is 0 Å². The first-order valence-corrected chi connectivity index (χ1v) is 9.03. The second kappa shape index (κ2) is 10.9. The van der Waals surface area contributed by atoms with Gasteiger partial charge in [-0.2, -0.15) is 10.2 Å². The fourth-order valence-corrected chi connectivity index (χ4v) is 2.48. The molecule has 1 heterocycles. The van der Waals surface area contributed by atoms with Crippen LogP contribution in [0.1, 0.15) is 45.6 Å². The number of carbonyl (C=O) groups excluding carboxylic acids is 2. The van der Waals surface area contributed by atoms with Crippen LogP contribution in [0.3, 0.4) is 0 Å². The second-order valence-corrected chi connectivity index (χ2v) is 5.14. The molecule has 0 saturated carbocycles. The minimum Gasteiger partial charge on any atom is -0.285 e. The lowest BCUT2D eigenvalue weighted by atomic mass is 9.96. The first-order chi connectivity index (χ1) is 12.7. The van der Waals surface area contributed by atoms with Crippen molar-refractivity contribution in [3.8, 4) is 0 Å². The molecule has 2 aromatic carbocycles. The van der Waals surface area contributed by atoms with Crippen molar-refractivity contribution in [2.75, 3.05) is 7.05 Å². The van der Waals surface area contributed by atoms with E-state index in [2.05, 4.69) is 10.2 Å². The van der Waals surface area contributed by atoms with Crippen molar-refractivity contribution >= 4 is 23.2 Å². The van der Waals surface area contributed by atoms with Crippen molar-refractivity contribution in [2.24, 2.45) is 10.2 Å². The average molecular weight is 353 g/mol. The number of azo groups is 1. The molecule has 1 aliphatic heterocycles. The Morgan fingerprint density at radius 1 is 0.846 bits per heavy atom. The first-order valence-electron chi connectivity index (χ1n) is 9.03. The second-order valence-electron chi connectivity index (χ2n) is 5.14. The smallest absolute Gasteiger partial charge is 0.237 e. The third-order valence-electron chi connectivity index (χ3n) is 3.72. The maximum Gasteiger partial charge on any atom is 0.237 e. The molecule has 0 spiro atoms. The zero-order valence-electron chi connectivity index (χ0n) is 16.1. The summed E-state index contributed by atoms with van der Waals surface area (Å²) in [5, 5.41) is 8.44. The number of likely N-dealkylation sites (tertiary alicyclic amines) is 1. The van der Waals surface area contributed by atoms with Crippen molar-refractivity contribution in [2.45, 2.75) is 40.0 Å². The van der Waals surface area contributed by atoms with Gasteiger partial charge in [-0.3, -0.25) is 14.5 Å². The number of likely N-dealkylation sites (N-methyl/N-ethyl adjacent to an activating group) is 1. The normalized spacial score (nSPS) is 16.0. The lowest BCUT2D eigenvalue weighted by molar-refractivity contribution is -0.137. The Balaban J connectivity index is 0.000000791. The van der Waals surface area contributed by atoms with Gasteiger partial charge in [0, 0.05) is 13.5 Å². The molecular weight excluding hydrogens is 326 g/mol. The highest BCUT2D eigenvalue weighted by atomic mass is 16.2. The van der Waals surface area contributed by atoms with Gasteiger partial charge in [0.05, 0.1) is 17.3 Å². The summed E-state index contributed by atoms with van der Waals surface area (Å²) in [6.07, 6.45) is 0.188. The Morgan fingerprint density at radius 2 is 1.42 bits per heavy atom. The Kier molecular flexibility index (Phi) is 8.92. The van der Waals surface area contributed by atoms with Gasteiger partial charge in [-0.05, 0) is 23.8 Å². The van der Waals surface area contributed by atoms with Gasteiger partial charge in [-0.25, -0.2) is 0 Å². The Morgan fingerprint density at radius 3 is 2.00 bits per heavy atom. The molecule has 1 unspecified atom stereocenters. The lowest BCUT2D eigenvalue weighted by Crippen LogP contribution is -2.25. The van der Waals surface area contributed by atoms with Gasteiger partial charge in [-0.15, -0.1) is 0 Å². The van der Waals surface area contributed by atoms with E-state index in [4.69, 9.17) is 0 Å². The summed E-state index contributed by atoms with van der Waals surface area (Å²) in [5.41, 5.74) is 2.10. The SMILES string of the molecule is CC.CC.CN1C(=O)CC(c2ccccc2N=Nc2ccccc2)C1=O. The molecule has 0 N–H and O–H groups in total. The highest BCUT2D eigenvalue weighted by Crippen LogP contribution is 2.35. The monoisotopic (exact) mass is 353 g/mol. The molecule has 5 heteroatoms. The van der Waals surface area contributed by atoms with E-state index in [-0.39, 0.29) is 18.2 Å². The summed E-state index contributed by atoms with van der Waals surface area (Å²) >= 11 is 0. The largest absolute Gasteiger partial charge is 0.285 e. The van der Waals surface area contributed by atoms with E-state index in [0.717, 1.165) is 11.3 Å². The van der Waals surface area contributed by atoms with E-state index < -0.39 is 5.92 Å². The number of nitrogens with zero attached hydrogens (tertiary/aromatic N) is 3. The highest BCUT2D eigenvalue weighted by Gasteiger charge is 2.38. The molecule has 138 valence electrons. The minimum absolute atomic E-state index is 0.162. The number of benzene rings is 2. The van der Waals surface area contributed by atoms with Crippen molar-refractivity contribution in [3.63, 3.8) is 0 Å². The predicted molar refractivity (Wildman–Crippen MR) is 105 cm³/mol. The van der Waals surface area contributed by atoms with Gasteiger partial charge in [0.25, 0.3) is 0 Å².